The topological polar surface area (TPSA) is 38.3 Å². The molecule has 0 fully saturated rings. The van der Waals surface area contributed by atoms with Gasteiger partial charge in [0.15, 0.2) is 6.61 Å². The minimum Gasteiger partial charge on any atom is -0.484 e. The zero-order valence-corrected chi connectivity index (χ0v) is 11.8. The Balaban J connectivity index is 1.88. The third-order valence-corrected chi connectivity index (χ3v) is 2.98. The Hall–Kier alpha value is -2.29. The monoisotopic (exact) mass is 269 g/mol. The first-order chi connectivity index (χ1) is 9.67. The smallest absolute Gasteiger partial charge is 0.262 e. The second-order valence-corrected chi connectivity index (χ2v) is 4.71. The first kappa shape index (κ1) is 14.1. The average molecular weight is 269 g/mol. The molecule has 0 saturated heterocycles. The molecule has 0 aliphatic rings. The molecule has 2 aromatic carbocycles. The van der Waals surface area contributed by atoms with Gasteiger partial charge in [0.25, 0.3) is 5.91 Å². The lowest BCUT2D eigenvalue weighted by Crippen LogP contribution is -2.20. The molecular formula is C17H19NO2. The molecule has 0 saturated carbocycles. The Bertz CT molecular complexity index is 593. The summed E-state index contributed by atoms with van der Waals surface area (Å²) >= 11 is 0. The third-order valence-electron chi connectivity index (χ3n) is 2.98. The molecule has 0 atom stereocenters. The number of aryl methyl sites for hydroxylation is 2. The number of rotatable bonds is 5. The van der Waals surface area contributed by atoms with Gasteiger partial charge in [-0.2, -0.15) is 0 Å². The van der Waals surface area contributed by atoms with Gasteiger partial charge in [-0.25, -0.2) is 0 Å². The molecule has 2 aromatic rings. The highest BCUT2D eigenvalue weighted by Gasteiger charge is 2.04. The standard InChI is InChI=1S/C17H19NO2/c1-3-14-7-5-9-16(11-14)20-12-17(19)18-15-8-4-6-13(2)10-15/h4-11H,3,12H2,1-2H3,(H,18,19). The number of nitrogens with one attached hydrogen (secondary N) is 1. The van der Waals surface area contributed by atoms with Crippen LogP contribution in [0.25, 0.3) is 0 Å². The molecule has 0 heterocycles. The Morgan fingerprint density at radius 2 is 1.95 bits per heavy atom. The number of benzene rings is 2. The van der Waals surface area contributed by atoms with Crippen molar-refractivity contribution in [2.75, 3.05) is 11.9 Å². The molecule has 0 bridgehead atoms. The first-order valence-corrected chi connectivity index (χ1v) is 6.75. The van der Waals surface area contributed by atoms with Crippen LogP contribution < -0.4 is 10.1 Å². The predicted octanol–water partition coefficient (Wildman–Crippen LogP) is 3.57. The quantitative estimate of drug-likeness (QED) is 0.901. The van der Waals surface area contributed by atoms with Crippen LogP contribution in [0, 0.1) is 6.92 Å². The van der Waals surface area contributed by atoms with Gasteiger partial charge in [0.05, 0.1) is 0 Å². The van der Waals surface area contributed by atoms with Crippen LogP contribution in [-0.4, -0.2) is 12.5 Å². The molecular weight excluding hydrogens is 250 g/mol. The lowest BCUT2D eigenvalue weighted by Gasteiger charge is -2.08. The van der Waals surface area contributed by atoms with Gasteiger partial charge in [-0.1, -0.05) is 31.2 Å². The summed E-state index contributed by atoms with van der Waals surface area (Å²) in [5.74, 6) is 0.571. The summed E-state index contributed by atoms with van der Waals surface area (Å²) in [6.45, 7) is 4.09. The van der Waals surface area contributed by atoms with E-state index in [0.717, 1.165) is 23.4 Å². The Labute approximate surface area is 119 Å². The molecule has 0 spiro atoms. The van der Waals surface area contributed by atoms with Crippen molar-refractivity contribution in [3.8, 4) is 5.75 Å². The summed E-state index contributed by atoms with van der Waals surface area (Å²) in [7, 11) is 0. The fourth-order valence-corrected chi connectivity index (χ4v) is 1.92. The van der Waals surface area contributed by atoms with E-state index in [4.69, 9.17) is 4.74 Å². The van der Waals surface area contributed by atoms with Gasteiger partial charge in [0.2, 0.25) is 0 Å². The maximum atomic E-state index is 11.8. The van der Waals surface area contributed by atoms with Crippen LogP contribution in [-0.2, 0) is 11.2 Å². The normalized spacial score (nSPS) is 10.1. The average Bonchev–Trinajstić information content (AvgIpc) is 2.45. The molecule has 3 heteroatoms. The van der Waals surface area contributed by atoms with Crippen LogP contribution in [0.2, 0.25) is 0 Å². The van der Waals surface area contributed by atoms with Crippen molar-refractivity contribution in [1.29, 1.82) is 0 Å². The van der Waals surface area contributed by atoms with Crippen molar-refractivity contribution in [3.05, 3.63) is 59.7 Å². The van der Waals surface area contributed by atoms with Crippen LogP contribution in [0.5, 0.6) is 5.75 Å². The maximum absolute atomic E-state index is 11.8. The minimum absolute atomic E-state index is 0.0150. The van der Waals surface area contributed by atoms with Gasteiger partial charge in [-0.05, 0) is 48.7 Å². The van der Waals surface area contributed by atoms with Crippen LogP contribution >= 0.6 is 0 Å². The van der Waals surface area contributed by atoms with Crippen LogP contribution in [0.1, 0.15) is 18.1 Å². The fraction of sp³-hybridized carbons (Fsp3) is 0.235. The van der Waals surface area contributed by atoms with Gasteiger partial charge in [-0.3, -0.25) is 4.79 Å². The number of hydrogen-bond donors (Lipinski definition) is 1. The van der Waals surface area contributed by atoms with Gasteiger partial charge in [0.1, 0.15) is 5.75 Å². The van der Waals surface area contributed by atoms with E-state index in [1.54, 1.807) is 0 Å². The van der Waals surface area contributed by atoms with Crippen LogP contribution in [0.4, 0.5) is 5.69 Å². The summed E-state index contributed by atoms with van der Waals surface area (Å²) in [5, 5.41) is 2.82. The zero-order chi connectivity index (χ0) is 14.4. The molecule has 1 N–H and O–H groups in total. The van der Waals surface area contributed by atoms with Gasteiger partial charge in [0, 0.05) is 5.69 Å². The Morgan fingerprint density at radius 3 is 2.70 bits per heavy atom. The van der Waals surface area contributed by atoms with Gasteiger partial charge < -0.3 is 10.1 Å². The van der Waals surface area contributed by atoms with Crippen molar-refractivity contribution < 1.29 is 9.53 Å². The second-order valence-electron chi connectivity index (χ2n) is 4.71. The number of carbonyl (C=O) groups is 1. The second kappa shape index (κ2) is 6.75. The van der Waals surface area contributed by atoms with E-state index in [1.165, 1.54) is 5.56 Å². The van der Waals surface area contributed by atoms with E-state index in [1.807, 2.05) is 55.5 Å². The van der Waals surface area contributed by atoms with Crippen molar-refractivity contribution in [2.45, 2.75) is 20.3 Å². The van der Waals surface area contributed by atoms with Gasteiger partial charge >= 0.3 is 0 Å². The number of ether oxygens (including phenoxy) is 1. The number of carbonyl (C=O) groups excluding carboxylic acids is 1. The molecule has 0 unspecified atom stereocenters. The zero-order valence-electron chi connectivity index (χ0n) is 11.8. The lowest BCUT2D eigenvalue weighted by atomic mass is 10.2. The third kappa shape index (κ3) is 4.12. The summed E-state index contributed by atoms with van der Waals surface area (Å²) in [6, 6.07) is 15.5. The maximum Gasteiger partial charge on any atom is 0.262 e. The van der Waals surface area contributed by atoms with E-state index in [-0.39, 0.29) is 12.5 Å². The van der Waals surface area contributed by atoms with E-state index >= 15 is 0 Å². The van der Waals surface area contributed by atoms with Crippen molar-refractivity contribution in [1.82, 2.24) is 0 Å². The SMILES string of the molecule is CCc1cccc(OCC(=O)Nc2cccc(C)c2)c1. The molecule has 3 nitrogen and oxygen atoms in total. The summed E-state index contributed by atoms with van der Waals surface area (Å²) in [4.78, 5) is 11.8. The van der Waals surface area contributed by atoms with E-state index in [9.17, 15) is 4.79 Å². The van der Waals surface area contributed by atoms with Gasteiger partial charge in [-0.15, -0.1) is 0 Å². The van der Waals surface area contributed by atoms with Crippen molar-refractivity contribution in [2.24, 2.45) is 0 Å². The Morgan fingerprint density at radius 1 is 1.15 bits per heavy atom. The molecule has 104 valence electrons. The highest BCUT2D eigenvalue weighted by atomic mass is 16.5. The number of hydrogen-bond acceptors (Lipinski definition) is 2. The molecule has 20 heavy (non-hydrogen) atoms. The van der Waals surface area contributed by atoms with E-state index in [0.29, 0.717) is 0 Å². The molecule has 0 aliphatic heterocycles. The summed E-state index contributed by atoms with van der Waals surface area (Å²) in [5.41, 5.74) is 3.10. The molecule has 0 radical (unpaired) electrons. The van der Waals surface area contributed by atoms with Crippen molar-refractivity contribution in [3.63, 3.8) is 0 Å². The predicted molar refractivity (Wildman–Crippen MR) is 81.1 cm³/mol. The highest BCUT2D eigenvalue weighted by molar-refractivity contribution is 5.91. The molecule has 0 aromatic heterocycles. The lowest BCUT2D eigenvalue weighted by molar-refractivity contribution is -0.118. The van der Waals surface area contributed by atoms with Crippen molar-refractivity contribution >= 4 is 11.6 Å². The highest BCUT2D eigenvalue weighted by Crippen LogP contribution is 2.14. The fourth-order valence-electron chi connectivity index (χ4n) is 1.92. The minimum atomic E-state index is -0.155. The molecule has 0 aliphatic carbocycles. The molecule has 1 amide bonds. The number of amides is 1. The Kier molecular flexibility index (Phi) is 4.77. The van der Waals surface area contributed by atoms with E-state index in [2.05, 4.69) is 12.2 Å². The molecule has 2 rings (SSSR count). The van der Waals surface area contributed by atoms with Crippen LogP contribution in [0.3, 0.4) is 0 Å². The largest absolute Gasteiger partial charge is 0.484 e. The first-order valence-electron chi connectivity index (χ1n) is 6.75. The van der Waals surface area contributed by atoms with E-state index < -0.39 is 0 Å². The number of anilines is 1. The van der Waals surface area contributed by atoms with Crippen LogP contribution in [0.15, 0.2) is 48.5 Å². The summed E-state index contributed by atoms with van der Waals surface area (Å²) in [6.07, 6.45) is 0.951. The summed E-state index contributed by atoms with van der Waals surface area (Å²) < 4.78 is 5.50.